The van der Waals surface area contributed by atoms with Gasteiger partial charge >= 0.3 is 0 Å². The van der Waals surface area contributed by atoms with Crippen LogP contribution in [-0.2, 0) is 0 Å². The number of nitrogens with one attached hydrogen (secondary N) is 1. The largest absolute Gasteiger partial charge is 0.356 e. The predicted molar refractivity (Wildman–Crippen MR) is 76.5 cm³/mol. The lowest BCUT2D eigenvalue weighted by molar-refractivity contribution is 0.171. The van der Waals surface area contributed by atoms with E-state index in [9.17, 15) is 0 Å². The highest BCUT2D eigenvalue weighted by atomic mass is 15.2. The van der Waals surface area contributed by atoms with Crippen LogP contribution >= 0.6 is 0 Å². The summed E-state index contributed by atoms with van der Waals surface area (Å²) in [7, 11) is 2.00. The molecule has 0 aliphatic heterocycles. The van der Waals surface area contributed by atoms with Crippen LogP contribution in [0, 0.1) is 0 Å². The minimum atomic E-state index is 0.478. The fourth-order valence-electron chi connectivity index (χ4n) is 2.15. The second-order valence-corrected chi connectivity index (χ2v) is 5.05. The quantitative estimate of drug-likeness (QED) is 0.366. The third kappa shape index (κ3) is 6.34. The fraction of sp³-hybridized carbons (Fsp3) is 0.846. The van der Waals surface area contributed by atoms with Gasteiger partial charge in [-0.1, -0.05) is 12.5 Å². The van der Waals surface area contributed by atoms with Gasteiger partial charge in [-0.15, -0.1) is 6.58 Å². The number of hydrogen-bond acceptors (Lipinski definition) is 2. The maximum Gasteiger partial charge on any atom is 0.182 e. The van der Waals surface area contributed by atoms with Crippen molar-refractivity contribution < 1.29 is 0 Å². The van der Waals surface area contributed by atoms with Crippen LogP contribution in [0.2, 0.25) is 0 Å². The first-order valence-corrected chi connectivity index (χ1v) is 6.58. The first kappa shape index (κ1) is 15.7. The van der Waals surface area contributed by atoms with Gasteiger partial charge in [-0.25, -0.2) is 0 Å². The van der Waals surface area contributed by atoms with Crippen molar-refractivity contribution in [2.75, 3.05) is 6.54 Å². The van der Waals surface area contributed by atoms with Gasteiger partial charge in [0.1, 0.15) is 0 Å². The Bertz CT molecular complexity index is 173. The van der Waals surface area contributed by atoms with Crippen LogP contribution in [-0.4, -0.2) is 37.6 Å². The summed E-state index contributed by atoms with van der Waals surface area (Å²) in [5.74, 6) is 0. The van der Waals surface area contributed by atoms with E-state index in [2.05, 4.69) is 44.4 Å². The zero-order valence-corrected chi connectivity index (χ0v) is 11.8. The molecule has 0 saturated heterocycles. The molecule has 0 rings (SSSR count). The molecule has 1 atom stereocenters. The number of unbranched alkanes of at least 4 members (excludes halogenated alkanes) is 1. The van der Waals surface area contributed by atoms with Crippen LogP contribution in [0.1, 0.15) is 47.0 Å². The first-order valence-electron chi connectivity index (χ1n) is 6.58. The summed E-state index contributed by atoms with van der Waals surface area (Å²) in [5.41, 5.74) is 0. The van der Waals surface area contributed by atoms with E-state index in [1.165, 1.54) is 25.8 Å². The summed E-state index contributed by atoms with van der Waals surface area (Å²) >= 11 is 0. The first-order chi connectivity index (χ1) is 7.52. The molecular formula is C13H29BN2. The lowest BCUT2D eigenvalue weighted by atomic mass is 10.1. The van der Waals surface area contributed by atoms with Gasteiger partial charge in [0.2, 0.25) is 0 Å². The van der Waals surface area contributed by atoms with Crippen LogP contribution in [0.3, 0.4) is 0 Å². The van der Waals surface area contributed by atoms with Crippen molar-refractivity contribution in [2.24, 2.45) is 0 Å². The molecule has 94 valence electrons. The van der Waals surface area contributed by atoms with E-state index in [-0.39, 0.29) is 0 Å². The second kappa shape index (κ2) is 8.83. The molecule has 0 saturated carbocycles. The minimum absolute atomic E-state index is 0.478. The van der Waals surface area contributed by atoms with Crippen molar-refractivity contribution in [1.29, 1.82) is 0 Å². The Morgan fingerprint density at radius 2 is 1.75 bits per heavy atom. The molecule has 0 bridgehead atoms. The maximum atomic E-state index is 3.83. The molecule has 1 N–H and O–H groups in total. The number of rotatable bonds is 9. The van der Waals surface area contributed by atoms with Crippen molar-refractivity contribution >= 4 is 7.98 Å². The summed E-state index contributed by atoms with van der Waals surface area (Å²) in [6.45, 7) is 14.2. The fourth-order valence-corrected chi connectivity index (χ4v) is 2.15. The minimum Gasteiger partial charge on any atom is -0.356 e. The highest BCUT2D eigenvalue weighted by Crippen LogP contribution is 2.09. The van der Waals surface area contributed by atoms with Crippen molar-refractivity contribution in [1.82, 2.24) is 10.1 Å². The summed E-state index contributed by atoms with van der Waals surface area (Å²) < 4.78 is 0. The molecule has 0 aliphatic carbocycles. The Kier molecular flexibility index (Phi) is 8.68. The molecule has 0 aliphatic rings. The van der Waals surface area contributed by atoms with Gasteiger partial charge in [-0.3, -0.25) is 4.90 Å². The van der Waals surface area contributed by atoms with E-state index in [1.807, 2.05) is 14.1 Å². The van der Waals surface area contributed by atoms with E-state index in [1.54, 1.807) is 0 Å². The Labute approximate surface area is 103 Å². The molecule has 1 unspecified atom stereocenters. The molecule has 0 radical (unpaired) electrons. The highest BCUT2D eigenvalue weighted by molar-refractivity contribution is 6.04. The molecule has 0 fully saturated rings. The van der Waals surface area contributed by atoms with Gasteiger partial charge in [-0.2, -0.15) is 0 Å². The van der Waals surface area contributed by atoms with Crippen LogP contribution < -0.4 is 5.23 Å². The average Bonchev–Trinajstić information content (AvgIpc) is 2.22. The van der Waals surface area contributed by atoms with Crippen LogP contribution in [0.5, 0.6) is 0 Å². The predicted octanol–water partition coefficient (Wildman–Crippen LogP) is 1.97. The third-order valence-corrected chi connectivity index (χ3v) is 3.16. The zero-order valence-electron chi connectivity index (χ0n) is 11.8. The summed E-state index contributed by atoms with van der Waals surface area (Å²) in [4.78, 5) is 2.56. The Morgan fingerprint density at radius 1 is 1.19 bits per heavy atom. The van der Waals surface area contributed by atoms with E-state index >= 15 is 0 Å². The molecule has 0 aromatic rings. The van der Waals surface area contributed by atoms with Gasteiger partial charge < -0.3 is 5.23 Å². The van der Waals surface area contributed by atoms with Crippen LogP contribution in [0.15, 0.2) is 12.7 Å². The lowest BCUT2D eigenvalue weighted by Gasteiger charge is -2.30. The standard InChI is InChI=1S/C13H29BN2/c1-6-13(15-14)9-7-8-10-16(11(2)3)12(4)5/h6,11-13,15H,1,7-10,14H2,2-5H3. The van der Waals surface area contributed by atoms with Crippen molar-refractivity contribution in [3.63, 3.8) is 0 Å². The average molecular weight is 224 g/mol. The monoisotopic (exact) mass is 224 g/mol. The van der Waals surface area contributed by atoms with E-state index in [0.717, 1.165) is 0 Å². The molecule has 16 heavy (non-hydrogen) atoms. The highest BCUT2D eigenvalue weighted by Gasteiger charge is 2.12. The number of hydrogen-bond donors (Lipinski definition) is 1. The Morgan fingerprint density at radius 3 is 2.12 bits per heavy atom. The molecule has 0 aromatic heterocycles. The summed E-state index contributed by atoms with van der Waals surface area (Å²) in [6.07, 6.45) is 5.75. The van der Waals surface area contributed by atoms with Gasteiger partial charge in [-0.05, 0) is 47.1 Å². The Hall–Kier alpha value is -0.275. The topological polar surface area (TPSA) is 15.3 Å². The third-order valence-electron chi connectivity index (χ3n) is 3.16. The lowest BCUT2D eigenvalue weighted by Crippen LogP contribution is -2.37. The van der Waals surface area contributed by atoms with Crippen molar-refractivity contribution in [3.05, 3.63) is 12.7 Å². The molecule has 0 aromatic carbocycles. The van der Waals surface area contributed by atoms with Crippen LogP contribution in [0.25, 0.3) is 0 Å². The molecule has 0 spiro atoms. The van der Waals surface area contributed by atoms with Gasteiger partial charge in [0.25, 0.3) is 0 Å². The molecule has 3 heteroatoms. The summed E-state index contributed by atoms with van der Waals surface area (Å²) in [6, 6.07) is 1.78. The number of nitrogens with zero attached hydrogens (tertiary/aromatic N) is 1. The van der Waals surface area contributed by atoms with Crippen molar-refractivity contribution in [3.8, 4) is 0 Å². The normalized spacial score (nSPS) is 13.7. The van der Waals surface area contributed by atoms with E-state index in [4.69, 9.17) is 0 Å². The second-order valence-electron chi connectivity index (χ2n) is 5.05. The van der Waals surface area contributed by atoms with E-state index < -0.39 is 0 Å². The maximum absolute atomic E-state index is 3.83. The molecular weight excluding hydrogens is 195 g/mol. The van der Waals surface area contributed by atoms with Gasteiger partial charge in [0.05, 0.1) is 0 Å². The molecule has 2 nitrogen and oxygen atoms in total. The SMILES string of the molecule is BNC(C=C)CCCCN(C(C)C)C(C)C. The van der Waals surface area contributed by atoms with Gasteiger partial charge in [0.15, 0.2) is 7.98 Å². The summed E-state index contributed by atoms with van der Waals surface area (Å²) in [5, 5.41) is 3.25. The molecule has 0 heterocycles. The van der Waals surface area contributed by atoms with Crippen molar-refractivity contribution in [2.45, 2.75) is 65.1 Å². The molecule has 0 amide bonds. The van der Waals surface area contributed by atoms with Crippen LogP contribution in [0.4, 0.5) is 0 Å². The zero-order chi connectivity index (χ0) is 12.6. The Balaban J connectivity index is 3.74. The van der Waals surface area contributed by atoms with E-state index in [0.29, 0.717) is 18.1 Å². The van der Waals surface area contributed by atoms with Gasteiger partial charge in [0, 0.05) is 18.1 Å². The smallest absolute Gasteiger partial charge is 0.182 e.